The fraction of sp³-hybridized carbons (Fsp3) is 0.562. The number of carbonyl (C=O) groups is 1. The van der Waals surface area contributed by atoms with Crippen molar-refractivity contribution in [3.63, 3.8) is 0 Å². The molecule has 1 aromatic rings. The molecule has 2 N–H and O–H groups in total. The van der Waals surface area contributed by atoms with Crippen LogP contribution in [0.3, 0.4) is 0 Å². The highest BCUT2D eigenvalue weighted by molar-refractivity contribution is 5.67. The molecule has 0 aromatic heterocycles. The fourth-order valence-corrected chi connectivity index (χ4v) is 2.59. The third kappa shape index (κ3) is 2.96. The third-order valence-corrected chi connectivity index (χ3v) is 4.62. The summed E-state index contributed by atoms with van der Waals surface area (Å²) in [6.07, 6.45) is 0.660. The van der Waals surface area contributed by atoms with Gasteiger partial charge in [0.25, 0.3) is 0 Å². The van der Waals surface area contributed by atoms with Gasteiger partial charge in [-0.25, -0.2) is 4.79 Å². The maximum Gasteiger partial charge on any atom is 0.407 e. The molecule has 1 fully saturated rings. The molecule has 1 saturated carbocycles. The minimum atomic E-state index is -0.794. The Morgan fingerprint density at radius 1 is 1.35 bits per heavy atom. The molecule has 0 bridgehead atoms. The Morgan fingerprint density at radius 3 is 2.55 bits per heavy atom. The quantitative estimate of drug-likeness (QED) is 0.893. The second-order valence-corrected chi connectivity index (χ2v) is 6.27. The van der Waals surface area contributed by atoms with Gasteiger partial charge in [0.05, 0.1) is 5.60 Å². The van der Waals surface area contributed by atoms with Gasteiger partial charge in [0.2, 0.25) is 0 Å². The Balaban J connectivity index is 1.87. The SMILES string of the molecule is CC1(O)CCC(OC(=O)NCc2ccccc2)C1(C)C. The first-order chi connectivity index (χ1) is 9.33. The number of hydrogen-bond donors (Lipinski definition) is 2. The minimum absolute atomic E-state index is 0.256. The van der Waals surface area contributed by atoms with E-state index >= 15 is 0 Å². The van der Waals surface area contributed by atoms with Crippen molar-refractivity contribution in [3.05, 3.63) is 35.9 Å². The summed E-state index contributed by atoms with van der Waals surface area (Å²) in [5.74, 6) is 0. The average molecular weight is 277 g/mol. The average Bonchev–Trinajstić information content (AvgIpc) is 2.60. The van der Waals surface area contributed by atoms with Gasteiger partial charge in [-0.1, -0.05) is 44.2 Å². The number of aliphatic hydroxyl groups is 1. The predicted octanol–water partition coefficient (Wildman–Crippen LogP) is 2.85. The van der Waals surface area contributed by atoms with Crippen molar-refractivity contribution in [2.75, 3.05) is 0 Å². The van der Waals surface area contributed by atoms with Gasteiger partial charge in [0.1, 0.15) is 6.10 Å². The molecule has 0 heterocycles. The zero-order valence-corrected chi connectivity index (χ0v) is 12.3. The van der Waals surface area contributed by atoms with Gasteiger partial charge in [0, 0.05) is 12.0 Å². The summed E-state index contributed by atoms with van der Waals surface area (Å²) in [5.41, 5.74) is -0.198. The van der Waals surface area contributed by atoms with Crippen LogP contribution in [0.15, 0.2) is 30.3 Å². The summed E-state index contributed by atoms with van der Waals surface area (Å²) in [7, 11) is 0. The minimum Gasteiger partial charge on any atom is -0.446 e. The number of amides is 1. The largest absolute Gasteiger partial charge is 0.446 e. The van der Waals surface area contributed by atoms with Crippen molar-refractivity contribution in [2.24, 2.45) is 5.41 Å². The molecule has 2 rings (SSSR count). The number of nitrogens with one attached hydrogen (secondary N) is 1. The third-order valence-electron chi connectivity index (χ3n) is 4.62. The van der Waals surface area contributed by atoms with Gasteiger partial charge < -0.3 is 15.2 Å². The lowest BCUT2D eigenvalue weighted by molar-refractivity contribution is -0.0706. The predicted molar refractivity (Wildman–Crippen MR) is 77.2 cm³/mol. The van der Waals surface area contributed by atoms with Gasteiger partial charge in [-0.15, -0.1) is 0 Å². The zero-order valence-electron chi connectivity index (χ0n) is 12.3. The Labute approximate surface area is 120 Å². The van der Waals surface area contributed by atoms with E-state index in [2.05, 4.69) is 5.32 Å². The van der Waals surface area contributed by atoms with E-state index < -0.39 is 17.1 Å². The van der Waals surface area contributed by atoms with E-state index in [0.29, 0.717) is 19.4 Å². The lowest BCUT2D eigenvalue weighted by atomic mass is 9.78. The van der Waals surface area contributed by atoms with E-state index in [0.717, 1.165) is 5.56 Å². The van der Waals surface area contributed by atoms with Crippen molar-refractivity contribution in [1.82, 2.24) is 5.32 Å². The van der Waals surface area contributed by atoms with E-state index in [1.165, 1.54) is 0 Å². The molecule has 20 heavy (non-hydrogen) atoms. The van der Waals surface area contributed by atoms with E-state index in [4.69, 9.17) is 4.74 Å². The number of carbonyl (C=O) groups excluding carboxylic acids is 1. The Bertz CT molecular complexity index is 468. The summed E-state index contributed by atoms with van der Waals surface area (Å²) < 4.78 is 5.47. The van der Waals surface area contributed by atoms with Crippen LogP contribution in [0.2, 0.25) is 0 Å². The molecule has 110 valence electrons. The lowest BCUT2D eigenvalue weighted by Crippen LogP contribution is -2.44. The highest BCUT2D eigenvalue weighted by Gasteiger charge is 2.52. The van der Waals surface area contributed by atoms with Gasteiger partial charge >= 0.3 is 6.09 Å². The number of hydrogen-bond acceptors (Lipinski definition) is 3. The number of alkyl carbamates (subject to hydrolysis) is 1. The number of rotatable bonds is 3. The molecular formula is C16H23NO3. The summed E-state index contributed by atoms with van der Waals surface area (Å²) in [4.78, 5) is 11.9. The van der Waals surface area contributed by atoms with Crippen LogP contribution >= 0.6 is 0 Å². The highest BCUT2D eigenvalue weighted by atomic mass is 16.6. The molecule has 4 heteroatoms. The van der Waals surface area contributed by atoms with E-state index in [9.17, 15) is 9.90 Å². The van der Waals surface area contributed by atoms with Crippen LogP contribution < -0.4 is 5.32 Å². The fourth-order valence-electron chi connectivity index (χ4n) is 2.59. The molecule has 2 unspecified atom stereocenters. The van der Waals surface area contributed by atoms with Crippen LogP contribution in [0, 0.1) is 5.41 Å². The summed E-state index contributed by atoms with van der Waals surface area (Å²) >= 11 is 0. The molecule has 0 spiro atoms. The van der Waals surface area contributed by atoms with Gasteiger partial charge in [0.15, 0.2) is 0 Å². The summed E-state index contributed by atoms with van der Waals surface area (Å²) in [6.45, 7) is 6.13. The highest BCUT2D eigenvalue weighted by Crippen LogP contribution is 2.47. The molecule has 1 amide bonds. The van der Waals surface area contributed by atoms with Gasteiger partial charge in [-0.3, -0.25) is 0 Å². The van der Waals surface area contributed by atoms with Crippen molar-refractivity contribution < 1.29 is 14.6 Å². The second kappa shape index (κ2) is 5.44. The monoisotopic (exact) mass is 277 g/mol. The molecule has 1 aromatic carbocycles. The Hall–Kier alpha value is -1.55. The summed E-state index contributed by atoms with van der Waals surface area (Å²) in [6, 6.07) is 9.69. The van der Waals surface area contributed by atoms with Crippen molar-refractivity contribution in [2.45, 2.75) is 51.9 Å². The normalized spacial score (nSPS) is 28.1. The maximum absolute atomic E-state index is 11.9. The molecule has 1 aliphatic rings. The van der Waals surface area contributed by atoms with Gasteiger partial charge in [-0.05, 0) is 25.3 Å². The van der Waals surface area contributed by atoms with Crippen LogP contribution in [-0.4, -0.2) is 22.9 Å². The van der Waals surface area contributed by atoms with Crippen molar-refractivity contribution in [1.29, 1.82) is 0 Å². The first kappa shape index (κ1) is 14.9. The molecular weight excluding hydrogens is 254 g/mol. The van der Waals surface area contributed by atoms with Crippen LogP contribution in [0.25, 0.3) is 0 Å². The topological polar surface area (TPSA) is 58.6 Å². The number of ether oxygens (including phenoxy) is 1. The summed E-state index contributed by atoms with van der Waals surface area (Å²) in [5, 5.41) is 13.0. The van der Waals surface area contributed by atoms with Crippen LogP contribution in [-0.2, 0) is 11.3 Å². The molecule has 0 saturated heterocycles. The smallest absolute Gasteiger partial charge is 0.407 e. The van der Waals surface area contributed by atoms with E-state index in [-0.39, 0.29) is 6.10 Å². The van der Waals surface area contributed by atoms with Crippen LogP contribution in [0.1, 0.15) is 39.2 Å². The number of benzene rings is 1. The molecule has 4 nitrogen and oxygen atoms in total. The van der Waals surface area contributed by atoms with E-state index in [1.54, 1.807) is 6.92 Å². The lowest BCUT2D eigenvalue weighted by Gasteiger charge is -2.36. The standard InChI is InChI=1S/C16H23NO3/c1-15(2)13(9-10-16(15,3)19)20-14(18)17-11-12-7-5-4-6-8-12/h4-8,13,19H,9-11H2,1-3H3,(H,17,18). The Morgan fingerprint density at radius 2 is 2.00 bits per heavy atom. The molecule has 2 atom stereocenters. The van der Waals surface area contributed by atoms with Crippen LogP contribution in [0.4, 0.5) is 4.79 Å². The van der Waals surface area contributed by atoms with Crippen molar-refractivity contribution in [3.8, 4) is 0 Å². The molecule has 0 radical (unpaired) electrons. The van der Waals surface area contributed by atoms with Crippen molar-refractivity contribution >= 4 is 6.09 Å². The molecule has 1 aliphatic carbocycles. The first-order valence-electron chi connectivity index (χ1n) is 7.04. The van der Waals surface area contributed by atoms with Crippen LogP contribution in [0.5, 0.6) is 0 Å². The molecule has 0 aliphatic heterocycles. The maximum atomic E-state index is 11.9. The second-order valence-electron chi connectivity index (χ2n) is 6.27. The van der Waals surface area contributed by atoms with E-state index in [1.807, 2.05) is 44.2 Å². The Kier molecular flexibility index (Phi) is 4.04. The van der Waals surface area contributed by atoms with Gasteiger partial charge in [-0.2, -0.15) is 0 Å². The first-order valence-corrected chi connectivity index (χ1v) is 7.04. The zero-order chi connectivity index (χ0) is 14.8.